The van der Waals surface area contributed by atoms with E-state index in [-0.39, 0.29) is 5.41 Å². The highest BCUT2D eigenvalue weighted by atomic mass is 127. The van der Waals surface area contributed by atoms with Gasteiger partial charge < -0.3 is 9.84 Å². The minimum atomic E-state index is -0.471. The second-order valence-electron chi connectivity index (χ2n) is 7.34. The smallest absolute Gasteiger partial charge is 0.152 e. The first-order chi connectivity index (χ1) is 11.1. The van der Waals surface area contributed by atoms with Gasteiger partial charge in [-0.2, -0.15) is 0 Å². The van der Waals surface area contributed by atoms with Crippen LogP contribution in [0, 0.1) is 8.99 Å². The Morgan fingerprint density at radius 3 is 2.65 bits per heavy atom. The number of carbonyl (C=O) groups is 1. The Labute approximate surface area is 150 Å². The summed E-state index contributed by atoms with van der Waals surface area (Å²) in [6.45, 7) is 1.48. The number of aldehydes is 1. The van der Waals surface area contributed by atoms with Crippen molar-refractivity contribution < 1.29 is 14.6 Å². The number of ether oxygens (including phenoxy) is 1. The summed E-state index contributed by atoms with van der Waals surface area (Å²) in [6, 6.07) is 0. The molecule has 1 aromatic rings. The van der Waals surface area contributed by atoms with Gasteiger partial charge in [-0.25, -0.2) is 0 Å². The molecule has 1 aliphatic heterocycles. The molecule has 1 saturated heterocycles. The zero-order chi connectivity index (χ0) is 16.0. The Balaban J connectivity index is 1.80. The molecule has 2 aliphatic carbocycles. The third kappa shape index (κ3) is 2.65. The first-order valence-corrected chi connectivity index (χ1v) is 9.64. The molecule has 5 heteroatoms. The Morgan fingerprint density at radius 1 is 1.30 bits per heavy atom. The lowest BCUT2D eigenvalue weighted by atomic mass is 9.60. The molecule has 3 aliphatic rings. The average Bonchev–Trinajstić information content (AvgIpc) is 2.53. The molecule has 1 saturated carbocycles. The largest absolute Gasteiger partial charge is 0.388 e. The maximum atomic E-state index is 11.7. The lowest BCUT2D eigenvalue weighted by Gasteiger charge is -2.47. The molecule has 124 valence electrons. The highest BCUT2D eigenvalue weighted by Crippen LogP contribution is 2.54. The van der Waals surface area contributed by atoms with Gasteiger partial charge in [-0.3, -0.25) is 9.78 Å². The van der Waals surface area contributed by atoms with Crippen LogP contribution < -0.4 is 0 Å². The van der Waals surface area contributed by atoms with Gasteiger partial charge >= 0.3 is 0 Å². The summed E-state index contributed by atoms with van der Waals surface area (Å²) >= 11 is 2.24. The first-order valence-electron chi connectivity index (χ1n) is 8.57. The third-order valence-corrected chi connectivity index (χ3v) is 7.12. The summed E-state index contributed by atoms with van der Waals surface area (Å²) in [5, 5.41) is 10.7. The second kappa shape index (κ2) is 6.08. The highest BCUT2D eigenvalue weighted by Gasteiger charge is 2.45. The van der Waals surface area contributed by atoms with Crippen molar-refractivity contribution in [3.05, 3.63) is 26.1 Å². The number of nitrogens with zero attached hydrogens (tertiary/aromatic N) is 1. The standard InChI is InChI=1S/C18H22INO3/c19-16-12(10-21)17(11-2-6-23-7-3-11)20-13-8-18(4-1-5-18)9-14(22)15(13)16/h10-11,14,22H,1-9H2/t14-/m0/s1. The van der Waals surface area contributed by atoms with Crippen LogP contribution >= 0.6 is 22.6 Å². The number of aliphatic hydroxyl groups excluding tert-OH is 1. The quantitative estimate of drug-likeness (QED) is 0.580. The monoisotopic (exact) mass is 427 g/mol. The van der Waals surface area contributed by atoms with Gasteiger partial charge in [0.25, 0.3) is 0 Å². The van der Waals surface area contributed by atoms with Gasteiger partial charge in [0.05, 0.1) is 11.8 Å². The van der Waals surface area contributed by atoms with Crippen molar-refractivity contribution in [3.8, 4) is 0 Å². The van der Waals surface area contributed by atoms with Crippen molar-refractivity contribution in [1.82, 2.24) is 4.98 Å². The van der Waals surface area contributed by atoms with Gasteiger partial charge in [0.15, 0.2) is 6.29 Å². The summed E-state index contributed by atoms with van der Waals surface area (Å²) in [6.07, 6.45) is 7.76. The van der Waals surface area contributed by atoms with E-state index in [1.807, 2.05) is 0 Å². The van der Waals surface area contributed by atoms with E-state index in [9.17, 15) is 9.90 Å². The minimum Gasteiger partial charge on any atom is -0.388 e. The number of halogens is 1. The molecule has 0 radical (unpaired) electrons. The number of hydrogen-bond donors (Lipinski definition) is 1. The first kappa shape index (κ1) is 16.0. The van der Waals surface area contributed by atoms with Crippen LogP contribution in [-0.2, 0) is 11.2 Å². The molecule has 2 fully saturated rings. The third-order valence-electron chi connectivity index (χ3n) is 5.96. The summed E-state index contributed by atoms with van der Waals surface area (Å²) in [7, 11) is 0. The molecular formula is C18H22INO3. The molecule has 1 spiro atoms. The molecule has 1 N–H and O–H groups in total. The van der Waals surface area contributed by atoms with Gasteiger partial charge in [-0.05, 0) is 66.5 Å². The molecular weight excluding hydrogens is 405 g/mol. The molecule has 1 aromatic heterocycles. The van der Waals surface area contributed by atoms with Crippen molar-refractivity contribution in [1.29, 1.82) is 0 Å². The predicted octanol–water partition coefficient (Wildman–Crippen LogP) is 3.54. The fourth-order valence-electron chi connectivity index (χ4n) is 4.52. The average molecular weight is 427 g/mol. The van der Waals surface area contributed by atoms with Crippen LogP contribution in [0.15, 0.2) is 0 Å². The van der Waals surface area contributed by atoms with Gasteiger partial charge in [0.1, 0.15) is 0 Å². The van der Waals surface area contributed by atoms with Crippen LogP contribution in [0.1, 0.15) is 77.9 Å². The second-order valence-corrected chi connectivity index (χ2v) is 8.42. The lowest BCUT2D eigenvalue weighted by Crippen LogP contribution is -2.38. The maximum absolute atomic E-state index is 11.7. The van der Waals surface area contributed by atoms with Crippen LogP contribution in [0.25, 0.3) is 0 Å². The Kier molecular flexibility index (Phi) is 4.22. The SMILES string of the molecule is O=Cc1c(C2CCOCC2)nc2c(c1I)[C@@H](O)CC1(CCC1)C2. The van der Waals surface area contributed by atoms with Gasteiger partial charge in [-0.15, -0.1) is 0 Å². The molecule has 4 nitrogen and oxygen atoms in total. The van der Waals surface area contributed by atoms with E-state index < -0.39 is 6.10 Å². The fourth-order valence-corrected chi connectivity index (χ4v) is 5.59. The zero-order valence-electron chi connectivity index (χ0n) is 13.2. The Morgan fingerprint density at radius 2 is 2.04 bits per heavy atom. The van der Waals surface area contributed by atoms with Crippen molar-refractivity contribution in [3.63, 3.8) is 0 Å². The van der Waals surface area contributed by atoms with Crippen LogP contribution in [-0.4, -0.2) is 29.6 Å². The van der Waals surface area contributed by atoms with Crippen LogP contribution in [0.3, 0.4) is 0 Å². The normalized spacial score (nSPS) is 26.6. The van der Waals surface area contributed by atoms with E-state index in [4.69, 9.17) is 9.72 Å². The van der Waals surface area contributed by atoms with E-state index in [0.29, 0.717) is 11.5 Å². The number of hydrogen-bond acceptors (Lipinski definition) is 4. The molecule has 0 unspecified atom stereocenters. The number of fused-ring (bicyclic) bond motifs is 1. The number of pyridine rings is 1. The van der Waals surface area contributed by atoms with Crippen LogP contribution in [0.4, 0.5) is 0 Å². The Bertz CT molecular complexity index is 636. The Hall–Kier alpha value is -0.530. The fraction of sp³-hybridized carbons (Fsp3) is 0.667. The van der Waals surface area contributed by atoms with E-state index >= 15 is 0 Å². The number of rotatable bonds is 2. The molecule has 23 heavy (non-hydrogen) atoms. The maximum Gasteiger partial charge on any atom is 0.152 e. The van der Waals surface area contributed by atoms with E-state index in [2.05, 4.69) is 22.6 Å². The van der Waals surface area contributed by atoms with Crippen molar-refractivity contribution in [2.75, 3.05) is 13.2 Å². The summed E-state index contributed by atoms with van der Waals surface area (Å²) < 4.78 is 6.38. The van der Waals surface area contributed by atoms with E-state index in [0.717, 1.165) is 65.7 Å². The van der Waals surface area contributed by atoms with E-state index in [1.54, 1.807) is 0 Å². The number of carbonyl (C=O) groups excluding carboxylic acids is 1. The number of aliphatic hydroxyl groups is 1. The van der Waals surface area contributed by atoms with Gasteiger partial charge in [-0.1, -0.05) is 6.42 Å². The van der Waals surface area contributed by atoms with Crippen molar-refractivity contribution >= 4 is 28.9 Å². The molecule has 1 atom stereocenters. The summed E-state index contributed by atoms with van der Waals surface area (Å²) in [5.41, 5.74) is 3.86. The van der Waals surface area contributed by atoms with E-state index in [1.165, 1.54) is 19.3 Å². The molecule has 4 rings (SSSR count). The van der Waals surface area contributed by atoms with Crippen molar-refractivity contribution in [2.24, 2.45) is 5.41 Å². The zero-order valence-corrected chi connectivity index (χ0v) is 15.3. The summed E-state index contributed by atoms with van der Waals surface area (Å²) in [4.78, 5) is 16.7. The predicted molar refractivity (Wildman–Crippen MR) is 94.7 cm³/mol. The molecule has 0 amide bonds. The topological polar surface area (TPSA) is 59.4 Å². The lowest BCUT2D eigenvalue weighted by molar-refractivity contribution is 0.0236. The summed E-state index contributed by atoms with van der Waals surface area (Å²) in [5.74, 6) is 0.305. The number of aromatic nitrogens is 1. The van der Waals surface area contributed by atoms with Crippen LogP contribution in [0.2, 0.25) is 0 Å². The molecule has 2 heterocycles. The van der Waals surface area contributed by atoms with Crippen molar-refractivity contribution in [2.45, 2.75) is 57.0 Å². The molecule has 0 aromatic carbocycles. The minimum absolute atomic E-state index is 0.262. The molecule has 0 bridgehead atoms. The highest BCUT2D eigenvalue weighted by molar-refractivity contribution is 14.1. The van der Waals surface area contributed by atoms with Gasteiger partial charge in [0, 0.05) is 39.5 Å². The van der Waals surface area contributed by atoms with Gasteiger partial charge in [0.2, 0.25) is 0 Å². The van der Waals surface area contributed by atoms with Crippen LogP contribution in [0.5, 0.6) is 0 Å².